The maximum Gasteiger partial charge on any atom is 0.228 e. The van der Waals surface area contributed by atoms with Crippen LogP contribution < -0.4 is 0 Å². The van der Waals surface area contributed by atoms with Crippen molar-refractivity contribution in [2.45, 2.75) is 6.54 Å². The number of rotatable bonds is 2. The summed E-state index contributed by atoms with van der Waals surface area (Å²) in [5.41, 5.74) is 1.31. The van der Waals surface area contributed by atoms with Gasteiger partial charge >= 0.3 is 0 Å². The van der Waals surface area contributed by atoms with E-state index in [-0.39, 0.29) is 11.5 Å². The van der Waals surface area contributed by atoms with Crippen molar-refractivity contribution < 1.29 is 4.92 Å². The van der Waals surface area contributed by atoms with E-state index in [0.717, 1.165) is 0 Å². The van der Waals surface area contributed by atoms with Crippen LogP contribution in [-0.2, 0) is 6.54 Å². The Morgan fingerprint density at radius 2 is 2.33 bits per heavy atom. The Morgan fingerprint density at radius 1 is 1.58 bits per heavy atom. The van der Waals surface area contributed by atoms with Gasteiger partial charge in [-0.15, -0.1) is 6.42 Å². The molecule has 0 heterocycles. The van der Waals surface area contributed by atoms with Gasteiger partial charge in [0.05, 0.1) is 0 Å². The third kappa shape index (κ3) is 2.10. The van der Waals surface area contributed by atoms with Crippen LogP contribution in [0.4, 0.5) is 0 Å². The van der Waals surface area contributed by atoms with Crippen molar-refractivity contribution in [3.05, 3.63) is 45.5 Å². The molecule has 0 aliphatic heterocycles. The first-order valence-corrected chi connectivity index (χ1v) is 3.39. The van der Waals surface area contributed by atoms with E-state index < -0.39 is 0 Å². The van der Waals surface area contributed by atoms with Gasteiger partial charge in [0, 0.05) is 16.1 Å². The molecule has 1 aromatic rings. The number of nitrogens with zero attached hydrogens (tertiary/aromatic N) is 1. The summed E-state index contributed by atoms with van der Waals surface area (Å²) in [6, 6.07) is 6.78. The lowest BCUT2D eigenvalue weighted by molar-refractivity contribution is -0.496. The van der Waals surface area contributed by atoms with E-state index in [1.807, 2.05) is 0 Å². The van der Waals surface area contributed by atoms with Crippen LogP contribution in [0, 0.1) is 22.5 Å². The Bertz CT molecular complexity index is 339. The molecule has 0 unspecified atom stereocenters. The van der Waals surface area contributed by atoms with Gasteiger partial charge in [0.2, 0.25) is 6.54 Å². The van der Waals surface area contributed by atoms with E-state index in [9.17, 15) is 10.1 Å². The molecule has 0 radical (unpaired) electrons. The molecule has 3 nitrogen and oxygen atoms in total. The molecule has 0 saturated heterocycles. The van der Waals surface area contributed by atoms with Gasteiger partial charge < -0.3 is 0 Å². The predicted molar refractivity (Wildman–Crippen MR) is 45.1 cm³/mol. The number of hydrogen-bond donors (Lipinski definition) is 0. The molecule has 0 amide bonds. The summed E-state index contributed by atoms with van der Waals surface area (Å²) < 4.78 is 0. The average Bonchev–Trinajstić information content (AvgIpc) is 2.03. The molecule has 0 atom stereocenters. The second-order valence-electron chi connectivity index (χ2n) is 2.34. The third-order valence-electron chi connectivity index (χ3n) is 1.41. The minimum absolute atomic E-state index is 0.171. The van der Waals surface area contributed by atoms with Crippen molar-refractivity contribution in [1.82, 2.24) is 0 Å². The van der Waals surface area contributed by atoms with Crippen molar-refractivity contribution in [2.75, 3.05) is 0 Å². The van der Waals surface area contributed by atoms with Crippen LogP contribution in [0.5, 0.6) is 0 Å². The lowest BCUT2D eigenvalue weighted by Crippen LogP contribution is -1.97. The van der Waals surface area contributed by atoms with Crippen LogP contribution in [-0.4, -0.2) is 4.92 Å². The number of nitro groups is 1. The van der Waals surface area contributed by atoms with Crippen molar-refractivity contribution in [1.29, 1.82) is 0 Å². The highest BCUT2D eigenvalue weighted by molar-refractivity contribution is 5.34. The van der Waals surface area contributed by atoms with E-state index >= 15 is 0 Å². The van der Waals surface area contributed by atoms with E-state index in [1.165, 1.54) is 0 Å². The zero-order valence-corrected chi connectivity index (χ0v) is 6.36. The van der Waals surface area contributed by atoms with E-state index in [1.54, 1.807) is 24.3 Å². The lowest BCUT2D eigenvalue weighted by Gasteiger charge is -1.94. The molecule has 0 fully saturated rings. The maximum atomic E-state index is 10.1. The first kappa shape index (κ1) is 8.28. The molecular weight excluding hydrogens is 154 g/mol. The van der Waals surface area contributed by atoms with Gasteiger partial charge in [-0.05, 0) is 12.1 Å². The van der Waals surface area contributed by atoms with Gasteiger partial charge in [0.25, 0.3) is 0 Å². The molecule has 0 saturated carbocycles. The summed E-state index contributed by atoms with van der Waals surface area (Å²) >= 11 is 0. The summed E-state index contributed by atoms with van der Waals surface area (Å²) in [4.78, 5) is 9.74. The second kappa shape index (κ2) is 3.54. The molecule has 0 spiro atoms. The predicted octanol–water partition coefficient (Wildman–Crippen LogP) is 1.44. The van der Waals surface area contributed by atoms with Crippen molar-refractivity contribution in [2.24, 2.45) is 0 Å². The van der Waals surface area contributed by atoms with Crippen LogP contribution in [0.3, 0.4) is 0 Å². The first-order valence-electron chi connectivity index (χ1n) is 3.39. The SMILES string of the molecule is C#Cc1cccc(C[N+](=O)[O-])c1. The Labute approximate surface area is 70.2 Å². The molecule has 0 aliphatic carbocycles. The van der Waals surface area contributed by atoms with Crippen LogP contribution in [0.2, 0.25) is 0 Å². The van der Waals surface area contributed by atoms with Crippen LogP contribution in [0.1, 0.15) is 11.1 Å². The van der Waals surface area contributed by atoms with Crippen molar-refractivity contribution in [3.8, 4) is 12.3 Å². The Hall–Kier alpha value is -1.82. The summed E-state index contributed by atoms with van der Waals surface area (Å²) in [6.07, 6.45) is 5.13. The smallest absolute Gasteiger partial charge is 0.228 e. The van der Waals surface area contributed by atoms with Crippen LogP contribution in [0.25, 0.3) is 0 Å². The number of benzene rings is 1. The quantitative estimate of drug-likeness (QED) is 0.374. The highest BCUT2D eigenvalue weighted by Gasteiger charge is 2.00. The summed E-state index contributed by atoms with van der Waals surface area (Å²) in [6.45, 7) is -0.171. The topological polar surface area (TPSA) is 43.1 Å². The molecule has 0 N–H and O–H groups in total. The lowest BCUT2D eigenvalue weighted by atomic mass is 10.1. The minimum atomic E-state index is -0.379. The van der Waals surface area contributed by atoms with Crippen LogP contribution in [0.15, 0.2) is 24.3 Å². The standard InChI is InChI=1S/C9H7NO2/c1-2-8-4-3-5-9(6-8)7-10(11)12/h1,3-6H,7H2. The van der Waals surface area contributed by atoms with Gasteiger partial charge in [0.1, 0.15) is 0 Å². The fourth-order valence-corrected chi connectivity index (χ4v) is 0.909. The Kier molecular flexibility index (Phi) is 2.44. The van der Waals surface area contributed by atoms with Crippen molar-refractivity contribution in [3.63, 3.8) is 0 Å². The van der Waals surface area contributed by atoms with Gasteiger partial charge in [-0.2, -0.15) is 0 Å². The first-order chi connectivity index (χ1) is 5.72. The zero-order chi connectivity index (χ0) is 8.97. The average molecular weight is 161 g/mol. The molecule has 0 bridgehead atoms. The summed E-state index contributed by atoms with van der Waals surface area (Å²) in [7, 11) is 0. The van der Waals surface area contributed by atoms with Gasteiger partial charge in [-0.25, -0.2) is 0 Å². The normalized spacial score (nSPS) is 8.92. The fourth-order valence-electron chi connectivity index (χ4n) is 0.909. The molecule has 12 heavy (non-hydrogen) atoms. The second-order valence-corrected chi connectivity index (χ2v) is 2.34. The molecular formula is C9H7NO2. The number of terminal acetylenes is 1. The van der Waals surface area contributed by atoms with Crippen LogP contribution >= 0.6 is 0 Å². The molecule has 0 aromatic heterocycles. The van der Waals surface area contributed by atoms with Gasteiger partial charge in [-0.1, -0.05) is 18.1 Å². The zero-order valence-electron chi connectivity index (χ0n) is 6.36. The highest BCUT2D eigenvalue weighted by Crippen LogP contribution is 2.04. The highest BCUT2D eigenvalue weighted by atomic mass is 16.6. The molecule has 3 heteroatoms. The fraction of sp³-hybridized carbons (Fsp3) is 0.111. The molecule has 1 rings (SSSR count). The van der Waals surface area contributed by atoms with Gasteiger partial charge in [-0.3, -0.25) is 10.1 Å². The van der Waals surface area contributed by atoms with E-state index in [2.05, 4.69) is 5.92 Å². The number of hydrogen-bond acceptors (Lipinski definition) is 2. The summed E-state index contributed by atoms with van der Waals surface area (Å²) in [5.74, 6) is 2.42. The largest absolute Gasteiger partial charge is 0.264 e. The molecule has 0 aliphatic rings. The van der Waals surface area contributed by atoms with Crippen molar-refractivity contribution >= 4 is 0 Å². The summed E-state index contributed by atoms with van der Waals surface area (Å²) in [5, 5.41) is 10.1. The Balaban J connectivity index is 2.88. The maximum absolute atomic E-state index is 10.1. The van der Waals surface area contributed by atoms with Gasteiger partial charge in [0.15, 0.2) is 0 Å². The van der Waals surface area contributed by atoms with E-state index in [4.69, 9.17) is 6.42 Å². The minimum Gasteiger partial charge on any atom is -0.264 e. The third-order valence-corrected chi connectivity index (χ3v) is 1.41. The Morgan fingerprint density at radius 3 is 2.92 bits per heavy atom. The van der Waals surface area contributed by atoms with E-state index in [0.29, 0.717) is 11.1 Å². The molecule has 60 valence electrons. The monoisotopic (exact) mass is 161 g/mol. The molecule has 1 aromatic carbocycles.